The number of rotatable bonds is 6. The van der Waals surface area contributed by atoms with Crippen LogP contribution in [0.25, 0.3) is 11.3 Å². The Labute approximate surface area is 153 Å². The van der Waals surface area contributed by atoms with Gasteiger partial charge in [0.1, 0.15) is 29.1 Å². The fraction of sp³-hybridized carbons (Fsp3) is 0.158. The molecule has 0 aliphatic rings. The van der Waals surface area contributed by atoms with Crippen molar-refractivity contribution in [2.45, 2.75) is 13.0 Å². The highest BCUT2D eigenvalue weighted by Crippen LogP contribution is 2.29. The minimum Gasteiger partial charge on any atom is -0.497 e. The molecule has 0 spiro atoms. The van der Waals surface area contributed by atoms with Crippen LogP contribution in [0, 0.1) is 11.6 Å². The number of oxazole rings is 1. The SMILES string of the molecule is COc1ccc(-c2coc([C@@H](C)Oc3ccc(F)c(C(N)=O)c3F)n2)cc1. The third-order valence-corrected chi connectivity index (χ3v) is 3.86. The molecule has 2 aromatic carbocycles. The van der Waals surface area contributed by atoms with E-state index in [4.69, 9.17) is 19.6 Å². The van der Waals surface area contributed by atoms with Crippen molar-refractivity contribution in [3.63, 3.8) is 0 Å². The van der Waals surface area contributed by atoms with Gasteiger partial charge >= 0.3 is 0 Å². The smallest absolute Gasteiger partial charge is 0.254 e. The van der Waals surface area contributed by atoms with Crippen LogP contribution < -0.4 is 15.2 Å². The minimum atomic E-state index is -1.22. The lowest BCUT2D eigenvalue weighted by molar-refractivity contribution is 0.0989. The van der Waals surface area contributed by atoms with E-state index < -0.39 is 29.2 Å². The Hall–Kier alpha value is -3.42. The number of hydrogen-bond acceptors (Lipinski definition) is 5. The second kappa shape index (κ2) is 7.45. The van der Waals surface area contributed by atoms with Crippen molar-refractivity contribution < 1.29 is 27.5 Å². The molecule has 1 atom stereocenters. The molecule has 0 radical (unpaired) electrons. The maximum absolute atomic E-state index is 14.3. The van der Waals surface area contributed by atoms with Crippen molar-refractivity contribution in [3.05, 3.63) is 65.7 Å². The maximum Gasteiger partial charge on any atom is 0.254 e. The van der Waals surface area contributed by atoms with Gasteiger partial charge in [0.15, 0.2) is 17.7 Å². The summed E-state index contributed by atoms with van der Waals surface area (Å²) in [5.41, 5.74) is 5.49. The molecule has 6 nitrogen and oxygen atoms in total. The number of amides is 1. The summed E-state index contributed by atoms with van der Waals surface area (Å²) in [5, 5.41) is 0. The summed E-state index contributed by atoms with van der Waals surface area (Å²) in [6.45, 7) is 1.58. The zero-order valence-electron chi connectivity index (χ0n) is 14.5. The number of benzene rings is 2. The second-order valence-electron chi connectivity index (χ2n) is 5.66. The normalized spacial score (nSPS) is 11.9. The van der Waals surface area contributed by atoms with Crippen molar-refractivity contribution in [2.75, 3.05) is 7.11 Å². The van der Waals surface area contributed by atoms with Gasteiger partial charge in [-0.1, -0.05) is 0 Å². The fourth-order valence-corrected chi connectivity index (χ4v) is 2.46. The Morgan fingerprint density at radius 1 is 1.19 bits per heavy atom. The number of primary amides is 1. The van der Waals surface area contributed by atoms with Gasteiger partial charge in [0.2, 0.25) is 5.89 Å². The maximum atomic E-state index is 14.3. The average molecular weight is 374 g/mol. The summed E-state index contributed by atoms with van der Waals surface area (Å²) < 4.78 is 43.8. The lowest BCUT2D eigenvalue weighted by atomic mass is 10.1. The molecule has 1 heterocycles. The lowest BCUT2D eigenvalue weighted by Gasteiger charge is -2.13. The molecule has 3 aromatic rings. The molecule has 8 heteroatoms. The summed E-state index contributed by atoms with van der Waals surface area (Å²) in [6.07, 6.45) is 0.644. The van der Waals surface area contributed by atoms with Gasteiger partial charge in [0, 0.05) is 5.56 Å². The molecule has 0 aliphatic heterocycles. The summed E-state index contributed by atoms with van der Waals surface area (Å²) in [6, 6.07) is 9.16. The van der Waals surface area contributed by atoms with Crippen LogP contribution in [0.5, 0.6) is 11.5 Å². The molecule has 0 saturated carbocycles. The van der Waals surface area contributed by atoms with Crippen molar-refractivity contribution in [1.29, 1.82) is 0 Å². The molecule has 0 unspecified atom stereocenters. The Kier molecular flexibility index (Phi) is 5.07. The monoisotopic (exact) mass is 374 g/mol. The third-order valence-electron chi connectivity index (χ3n) is 3.86. The Bertz CT molecular complexity index is 970. The van der Waals surface area contributed by atoms with Crippen molar-refractivity contribution in [1.82, 2.24) is 4.98 Å². The van der Waals surface area contributed by atoms with Crippen molar-refractivity contribution >= 4 is 5.91 Å². The summed E-state index contributed by atoms with van der Waals surface area (Å²) >= 11 is 0. The van der Waals surface area contributed by atoms with E-state index in [0.29, 0.717) is 11.4 Å². The molecule has 0 bridgehead atoms. The van der Waals surface area contributed by atoms with Gasteiger partial charge in [0.05, 0.1) is 7.11 Å². The van der Waals surface area contributed by atoms with E-state index >= 15 is 0 Å². The largest absolute Gasteiger partial charge is 0.497 e. The van der Waals surface area contributed by atoms with E-state index in [1.807, 2.05) is 12.1 Å². The predicted octanol–water partition coefficient (Wildman–Crippen LogP) is 3.87. The molecule has 140 valence electrons. The Balaban J connectivity index is 1.81. The Morgan fingerprint density at radius 2 is 1.89 bits per heavy atom. The van der Waals surface area contributed by atoms with E-state index in [2.05, 4.69) is 4.98 Å². The van der Waals surface area contributed by atoms with Crippen LogP contribution >= 0.6 is 0 Å². The molecule has 2 N–H and O–H groups in total. The van der Waals surface area contributed by atoms with Crippen LogP contribution in [-0.4, -0.2) is 18.0 Å². The van der Waals surface area contributed by atoms with Crippen LogP contribution in [0.2, 0.25) is 0 Å². The molecule has 27 heavy (non-hydrogen) atoms. The highest BCUT2D eigenvalue weighted by Gasteiger charge is 2.22. The van der Waals surface area contributed by atoms with Gasteiger partial charge in [0.25, 0.3) is 5.91 Å². The van der Waals surface area contributed by atoms with E-state index in [1.54, 1.807) is 26.2 Å². The van der Waals surface area contributed by atoms with Gasteiger partial charge in [-0.15, -0.1) is 0 Å². The quantitative estimate of drug-likeness (QED) is 0.708. The lowest BCUT2D eigenvalue weighted by Crippen LogP contribution is -2.16. The predicted molar refractivity (Wildman–Crippen MR) is 92.4 cm³/mol. The van der Waals surface area contributed by atoms with Gasteiger partial charge in [-0.3, -0.25) is 4.79 Å². The van der Waals surface area contributed by atoms with Gasteiger partial charge in [-0.25, -0.2) is 13.8 Å². The Morgan fingerprint density at radius 3 is 2.52 bits per heavy atom. The number of nitrogens with zero attached hydrogens (tertiary/aromatic N) is 1. The van der Waals surface area contributed by atoms with Gasteiger partial charge < -0.3 is 19.6 Å². The average Bonchev–Trinajstić information content (AvgIpc) is 3.14. The van der Waals surface area contributed by atoms with Crippen LogP contribution in [0.1, 0.15) is 29.3 Å². The van der Waals surface area contributed by atoms with Gasteiger partial charge in [-0.05, 0) is 43.3 Å². The highest BCUT2D eigenvalue weighted by atomic mass is 19.1. The standard InChI is InChI=1S/C19H16F2N2O4/c1-10(27-15-8-7-13(20)16(17(15)21)18(22)24)19-23-14(9-26-19)11-3-5-12(25-2)6-4-11/h3-10H,1-2H3,(H2,22,24)/t10-/m1/s1. The van der Waals surface area contributed by atoms with E-state index in [-0.39, 0.29) is 11.6 Å². The number of carbonyl (C=O) groups excluding carboxylic acids is 1. The molecule has 0 saturated heterocycles. The van der Waals surface area contributed by atoms with Crippen molar-refractivity contribution in [3.8, 4) is 22.8 Å². The van der Waals surface area contributed by atoms with E-state index in [9.17, 15) is 13.6 Å². The summed E-state index contributed by atoms with van der Waals surface area (Å²) in [7, 11) is 1.57. The topological polar surface area (TPSA) is 87.6 Å². The van der Waals surface area contributed by atoms with Crippen molar-refractivity contribution in [2.24, 2.45) is 5.73 Å². The minimum absolute atomic E-state index is 0.185. The molecular weight excluding hydrogens is 358 g/mol. The number of hydrogen-bond donors (Lipinski definition) is 1. The number of methoxy groups -OCH3 is 1. The summed E-state index contributed by atoms with van der Waals surface area (Å²) in [4.78, 5) is 15.5. The molecular formula is C19H16F2N2O4. The van der Waals surface area contributed by atoms with Crippen LogP contribution in [0.15, 0.2) is 47.1 Å². The number of ether oxygens (including phenoxy) is 2. The number of aromatic nitrogens is 1. The molecule has 3 rings (SSSR count). The van der Waals surface area contributed by atoms with Crippen LogP contribution in [-0.2, 0) is 0 Å². The first-order valence-electron chi connectivity index (χ1n) is 7.95. The highest BCUT2D eigenvalue weighted by molar-refractivity contribution is 5.93. The van der Waals surface area contributed by atoms with Gasteiger partial charge in [-0.2, -0.15) is 0 Å². The zero-order valence-corrected chi connectivity index (χ0v) is 14.5. The molecule has 1 amide bonds. The van der Waals surface area contributed by atoms with Crippen LogP contribution in [0.4, 0.5) is 8.78 Å². The molecule has 0 aliphatic carbocycles. The first kappa shape index (κ1) is 18.4. The van der Waals surface area contributed by atoms with E-state index in [0.717, 1.165) is 17.7 Å². The fourth-order valence-electron chi connectivity index (χ4n) is 2.46. The number of carbonyl (C=O) groups is 1. The number of nitrogens with two attached hydrogens (primary N) is 1. The first-order valence-corrected chi connectivity index (χ1v) is 7.95. The molecule has 0 fully saturated rings. The summed E-state index contributed by atoms with van der Waals surface area (Å²) in [5.74, 6) is -2.89. The first-order chi connectivity index (χ1) is 12.9. The van der Waals surface area contributed by atoms with Crippen LogP contribution in [0.3, 0.4) is 0 Å². The zero-order chi connectivity index (χ0) is 19.6. The third kappa shape index (κ3) is 3.74. The van der Waals surface area contributed by atoms with E-state index in [1.165, 1.54) is 6.26 Å². The number of halogens is 2. The molecule has 1 aromatic heterocycles. The second-order valence-corrected chi connectivity index (χ2v) is 5.66.